The number of thioether (sulfide) groups is 1. The highest BCUT2D eigenvalue weighted by Gasteiger charge is 2.09. The molecular weight excluding hydrogens is 345 g/mol. The van der Waals surface area contributed by atoms with Crippen LogP contribution < -0.4 is 5.32 Å². The highest BCUT2D eigenvalue weighted by molar-refractivity contribution is 7.98. The van der Waals surface area contributed by atoms with Crippen LogP contribution in [-0.2, 0) is 17.0 Å². The Morgan fingerprint density at radius 3 is 2.58 bits per heavy atom. The Hall–Kier alpha value is -2.25. The van der Waals surface area contributed by atoms with E-state index in [-0.39, 0.29) is 18.1 Å². The van der Waals surface area contributed by atoms with Gasteiger partial charge in [0.15, 0.2) is 0 Å². The number of amides is 1. The van der Waals surface area contributed by atoms with Crippen molar-refractivity contribution in [3.63, 3.8) is 0 Å². The van der Waals surface area contributed by atoms with Gasteiger partial charge in [-0.2, -0.15) is 0 Å². The van der Waals surface area contributed by atoms with Crippen LogP contribution in [0.4, 0.5) is 9.52 Å². The minimum atomic E-state index is -0.316. The Labute approximate surface area is 147 Å². The molecule has 3 rings (SSSR count). The molecule has 1 heterocycles. The molecule has 0 aliphatic rings. The Balaban J connectivity index is 1.51. The molecule has 122 valence electrons. The molecule has 2 aromatic carbocycles. The predicted octanol–water partition coefficient (Wildman–Crippen LogP) is 4.15. The predicted molar refractivity (Wildman–Crippen MR) is 94.6 cm³/mol. The zero-order valence-electron chi connectivity index (χ0n) is 12.6. The maximum Gasteiger partial charge on any atom is 0.230 e. The van der Waals surface area contributed by atoms with Gasteiger partial charge in [0.1, 0.15) is 10.8 Å². The summed E-state index contributed by atoms with van der Waals surface area (Å²) in [6.07, 6.45) is 0.175. The quantitative estimate of drug-likeness (QED) is 0.672. The molecule has 1 amide bonds. The van der Waals surface area contributed by atoms with Crippen LogP contribution in [0.3, 0.4) is 0 Å². The largest absolute Gasteiger partial charge is 0.300 e. The van der Waals surface area contributed by atoms with Crippen molar-refractivity contribution in [1.29, 1.82) is 0 Å². The van der Waals surface area contributed by atoms with Crippen molar-refractivity contribution >= 4 is 34.1 Å². The number of rotatable bonds is 6. The molecule has 3 aromatic rings. The minimum Gasteiger partial charge on any atom is -0.300 e. The lowest BCUT2D eigenvalue weighted by Crippen LogP contribution is -2.14. The average molecular weight is 359 g/mol. The summed E-state index contributed by atoms with van der Waals surface area (Å²) in [5.41, 5.74) is 0.748. The fraction of sp³-hybridized carbons (Fsp3) is 0.118. The Bertz CT molecular complexity index is 806. The molecule has 7 heteroatoms. The zero-order chi connectivity index (χ0) is 16.8. The molecule has 1 aromatic heterocycles. The van der Waals surface area contributed by atoms with Crippen molar-refractivity contribution in [3.05, 3.63) is 71.0 Å². The van der Waals surface area contributed by atoms with Gasteiger partial charge in [-0.25, -0.2) is 4.39 Å². The summed E-state index contributed by atoms with van der Waals surface area (Å²) in [5.74, 6) is 0.194. The number of nitrogens with one attached hydrogen (secondary N) is 1. The summed E-state index contributed by atoms with van der Waals surface area (Å²) >= 11 is 3.03. The lowest BCUT2D eigenvalue weighted by atomic mass is 10.1. The molecule has 0 saturated heterocycles. The van der Waals surface area contributed by atoms with E-state index >= 15 is 0 Å². The molecule has 0 spiro atoms. The van der Waals surface area contributed by atoms with Crippen LogP contribution in [0.25, 0.3) is 0 Å². The number of benzene rings is 2. The maximum atomic E-state index is 12.8. The van der Waals surface area contributed by atoms with E-state index in [0.29, 0.717) is 10.9 Å². The number of nitrogens with zero attached hydrogens (tertiary/aromatic N) is 2. The fourth-order valence-corrected chi connectivity index (χ4v) is 3.64. The van der Waals surface area contributed by atoms with E-state index in [0.717, 1.165) is 15.5 Å². The van der Waals surface area contributed by atoms with Gasteiger partial charge in [0.25, 0.3) is 0 Å². The second kappa shape index (κ2) is 8.03. The van der Waals surface area contributed by atoms with Crippen molar-refractivity contribution in [3.8, 4) is 0 Å². The van der Waals surface area contributed by atoms with Crippen molar-refractivity contribution < 1.29 is 9.18 Å². The highest BCUT2D eigenvalue weighted by atomic mass is 32.2. The number of halogens is 1. The summed E-state index contributed by atoms with van der Waals surface area (Å²) in [7, 11) is 0. The molecule has 0 aliphatic heterocycles. The number of anilines is 1. The first-order valence-corrected chi connectivity index (χ1v) is 9.04. The molecule has 0 radical (unpaired) electrons. The van der Waals surface area contributed by atoms with Crippen molar-refractivity contribution in [2.24, 2.45) is 0 Å². The van der Waals surface area contributed by atoms with Gasteiger partial charge in [-0.3, -0.25) is 4.79 Å². The molecule has 0 bridgehead atoms. The summed E-state index contributed by atoms with van der Waals surface area (Å²) < 4.78 is 12.8. The molecule has 1 N–H and O–H groups in total. The van der Waals surface area contributed by atoms with E-state index in [1.807, 2.05) is 30.3 Å². The summed E-state index contributed by atoms with van der Waals surface area (Å²) in [6, 6.07) is 15.9. The lowest BCUT2D eigenvalue weighted by Gasteiger charge is -2.01. The molecule has 0 atom stereocenters. The second-order valence-corrected chi connectivity index (χ2v) is 7.06. The van der Waals surface area contributed by atoms with Gasteiger partial charge in [-0.05, 0) is 29.8 Å². The van der Waals surface area contributed by atoms with Gasteiger partial charge in [0, 0.05) is 4.90 Å². The van der Waals surface area contributed by atoms with Crippen LogP contribution in [0.2, 0.25) is 0 Å². The first kappa shape index (κ1) is 16.6. The summed E-state index contributed by atoms with van der Waals surface area (Å²) in [4.78, 5) is 13.1. The van der Waals surface area contributed by atoms with Gasteiger partial charge in [-0.1, -0.05) is 41.7 Å². The summed E-state index contributed by atoms with van der Waals surface area (Å²) in [6.45, 7) is 0. The number of carbonyl (C=O) groups excluding carboxylic acids is 1. The number of hydrogen-bond acceptors (Lipinski definition) is 5. The number of carbonyl (C=O) groups is 1. The maximum absolute atomic E-state index is 12.8. The van der Waals surface area contributed by atoms with Crippen LogP contribution in [0.5, 0.6) is 0 Å². The first-order chi connectivity index (χ1) is 11.7. The molecule has 0 aliphatic carbocycles. The van der Waals surface area contributed by atoms with Crippen LogP contribution in [0, 0.1) is 5.82 Å². The average Bonchev–Trinajstić information content (AvgIpc) is 3.03. The van der Waals surface area contributed by atoms with Crippen LogP contribution in [0.15, 0.2) is 59.5 Å². The Kier molecular flexibility index (Phi) is 5.55. The molecule has 24 heavy (non-hydrogen) atoms. The van der Waals surface area contributed by atoms with Gasteiger partial charge >= 0.3 is 0 Å². The van der Waals surface area contributed by atoms with Crippen LogP contribution in [0.1, 0.15) is 10.6 Å². The number of hydrogen-bond donors (Lipinski definition) is 1. The van der Waals surface area contributed by atoms with E-state index in [9.17, 15) is 9.18 Å². The summed E-state index contributed by atoms with van der Waals surface area (Å²) in [5, 5.41) is 12.1. The van der Waals surface area contributed by atoms with Crippen molar-refractivity contribution in [1.82, 2.24) is 10.2 Å². The van der Waals surface area contributed by atoms with E-state index in [2.05, 4.69) is 15.5 Å². The van der Waals surface area contributed by atoms with E-state index in [4.69, 9.17) is 0 Å². The molecule has 4 nitrogen and oxygen atoms in total. The normalized spacial score (nSPS) is 10.5. The second-order valence-electron chi connectivity index (χ2n) is 4.95. The fourth-order valence-electron chi connectivity index (χ4n) is 1.98. The van der Waals surface area contributed by atoms with Crippen molar-refractivity contribution in [2.75, 3.05) is 5.32 Å². The smallest absolute Gasteiger partial charge is 0.230 e. The van der Waals surface area contributed by atoms with Gasteiger partial charge < -0.3 is 5.32 Å². The van der Waals surface area contributed by atoms with E-state index in [1.165, 1.54) is 23.5 Å². The van der Waals surface area contributed by atoms with Crippen molar-refractivity contribution in [2.45, 2.75) is 17.1 Å². The Morgan fingerprint density at radius 2 is 1.83 bits per heavy atom. The van der Waals surface area contributed by atoms with E-state index < -0.39 is 0 Å². The topological polar surface area (TPSA) is 54.9 Å². The standard InChI is InChI=1S/C17H14FN3OS2/c18-13-8-6-12(7-9-13)10-15(22)19-17-21-20-16(24-17)11-23-14-4-2-1-3-5-14/h1-9H,10-11H2,(H,19,21,22). The molecular formula is C17H14FN3OS2. The Morgan fingerprint density at radius 1 is 1.08 bits per heavy atom. The highest BCUT2D eigenvalue weighted by Crippen LogP contribution is 2.25. The third-order valence-corrected chi connectivity index (χ3v) is 5.14. The number of aromatic nitrogens is 2. The third-order valence-electron chi connectivity index (χ3n) is 3.10. The monoisotopic (exact) mass is 359 g/mol. The zero-order valence-corrected chi connectivity index (χ0v) is 14.2. The first-order valence-electron chi connectivity index (χ1n) is 7.23. The van der Waals surface area contributed by atoms with Crippen LogP contribution >= 0.6 is 23.1 Å². The van der Waals surface area contributed by atoms with Crippen LogP contribution in [-0.4, -0.2) is 16.1 Å². The SMILES string of the molecule is O=C(Cc1ccc(F)cc1)Nc1nnc(CSc2ccccc2)s1. The molecule has 0 fully saturated rings. The van der Waals surface area contributed by atoms with Gasteiger partial charge in [-0.15, -0.1) is 22.0 Å². The van der Waals surface area contributed by atoms with E-state index in [1.54, 1.807) is 23.9 Å². The lowest BCUT2D eigenvalue weighted by molar-refractivity contribution is -0.115. The molecule has 0 unspecified atom stereocenters. The minimum absolute atomic E-state index is 0.175. The van der Waals surface area contributed by atoms with Gasteiger partial charge in [0.05, 0.1) is 12.2 Å². The third kappa shape index (κ3) is 4.87. The molecule has 0 saturated carbocycles. The van der Waals surface area contributed by atoms with Gasteiger partial charge in [0.2, 0.25) is 11.0 Å².